The first-order valence-electron chi connectivity index (χ1n) is 10.6. The van der Waals surface area contributed by atoms with E-state index in [4.69, 9.17) is 4.42 Å². The van der Waals surface area contributed by atoms with Crippen LogP contribution in [0.4, 0.5) is 16.2 Å². The van der Waals surface area contributed by atoms with Crippen LogP contribution in [-0.4, -0.2) is 34.5 Å². The van der Waals surface area contributed by atoms with Crippen LogP contribution in [0.1, 0.15) is 38.6 Å². The predicted molar refractivity (Wildman–Crippen MR) is 119 cm³/mol. The van der Waals surface area contributed by atoms with Crippen LogP contribution < -0.4 is 16.4 Å². The standard InChI is InChI=1S/C23H26N4O4/c1-16(27-19-8-4-5-9-20(19)31-23(27)30)21(28)24-17-10-12-18(13-11-17)25-22(29)26-14-6-2-3-7-15-26/h4-5,8-13,16H,2-3,6-7,14-15H2,1H3,(H,24,28)(H,25,29). The summed E-state index contributed by atoms with van der Waals surface area (Å²) in [6, 6.07) is 13.1. The smallest absolute Gasteiger partial charge is 0.408 e. The Hall–Kier alpha value is -3.55. The Morgan fingerprint density at radius 3 is 2.19 bits per heavy atom. The van der Waals surface area contributed by atoms with Crippen molar-refractivity contribution in [3.05, 3.63) is 59.1 Å². The second kappa shape index (κ2) is 9.07. The number of benzene rings is 2. The summed E-state index contributed by atoms with van der Waals surface area (Å²) in [5, 5.41) is 5.72. The molecule has 1 unspecified atom stereocenters. The van der Waals surface area contributed by atoms with Crippen molar-refractivity contribution in [2.45, 2.75) is 38.6 Å². The van der Waals surface area contributed by atoms with E-state index in [1.54, 1.807) is 55.5 Å². The number of para-hydroxylation sites is 2. The summed E-state index contributed by atoms with van der Waals surface area (Å²) < 4.78 is 6.55. The number of fused-ring (bicyclic) bond motifs is 1. The van der Waals surface area contributed by atoms with Gasteiger partial charge in [0.25, 0.3) is 0 Å². The van der Waals surface area contributed by atoms with E-state index in [1.165, 1.54) is 4.57 Å². The van der Waals surface area contributed by atoms with Crippen molar-refractivity contribution in [1.29, 1.82) is 0 Å². The van der Waals surface area contributed by atoms with Gasteiger partial charge in [0.15, 0.2) is 5.58 Å². The summed E-state index contributed by atoms with van der Waals surface area (Å²) in [6.07, 6.45) is 4.39. The maximum atomic E-state index is 12.7. The highest BCUT2D eigenvalue weighted by atomic mass is 16.4. The number of carbonyl (C=O) groups is 2. The van der Waals surface area contributed by atoms with Crippen molar-refractivity contribution in [3.63, 3.8) is 0 Å². The number of carbonyl (C=O) groups excluding carboxylic acids is 2. The Kier molecular flexibility index (Phi) is 6.06. The maximum Gasteiger partial charge on any atom is 0.420 e. The Morgan fingerprint density at radius 2 is 1.52 bits per heavy atom. The van der Waals surface area contributed by atoms with Gasteiger partial charge in [-0.3, -0.25) is 9.36 Å². The minimum absolute atomic E-state index is 0.0986. The summed E-state index contributed by atoms with van der Waals surface area (Å²) in [5.74, 6) is -0.912. The lowest BCUT2D eigenvalue weighted by atomic mass is 10.2. The lowest BCUT2D eigenvalue weighted by Crippen LogP contribution is -2.35. The zero-order valence-electron chi connectivity index (χ0n) is 17.5. The average Bonchev–Trinajstić information content (AvgIpc) is 2.93. The van der Waals surface area contributed by atoms with Crippen molar-refractivity contribution in [2.75, 3.05) is 23.7 Å². The fourth-order valence-electron chi connectivity index (χ4n) is 3.83. The van der Waals surface area contributed by atoms with E-state index in [2.05, 4.69) is 10.6 Å². The van der Waals surface area contributed by atoms with E-state index in [0.717, 1.165) is 38.8 Å². The molecule has 3 aromatic rings. The molecule has 0 bridgehead atoms. The Bertz CT molecular complexity index is 1120. The zero-order valence-corrected chi connectivity index (χ0v) is 17.5. The molecule has 1 aliphatic heterocycles. The molecule has 8 heteroatoms. The molecule has 0 aliphatic carbocycles. The molecule has 0 spiro atoms. The van der Waals surface area contributed by atoms with Gasteiger partial charge in [-0.25, -0.2) is 9.59 Å². The highest BCUT2D eigenvalue weighted by molar-refractivity contribution is 5.95. The molecule has 0 saturated carbocycles. The molecule has 1 aromatic heterocycles. The van der Waals surface area contributed by atoms with Crippen LogP contribution in [0.25, 0.3) is 11.1 Å². The van der Waals surface area contributed by atoms with Gasteiger partial charge in [0.2, 0.25) is 5.91 Å². The molecule has 2 heterocycles. The Labute approximate surface area is 179 Å². The number of hydrogen-bond acceptors (Lipinski definition) is 4. The highest BCUT2D eigenvalue weighted by Crippen LogP contribution is 2.20. The summed E-state index contributed by atoms with van der Waals surface area (Å²) in [7, 11) is 0. The third-order valence-electron chi connectivity index (χ3n) is 5.58. The number of oxazole rings is 1. The second-order valence-corrected chi connectivity index (χ2v) is 7.78. The number of likely N-dealkylation sites (tertiary alicyclic amines) is 1. The first kappa shape index (κ1) is 20.7. The highest BCUT2D eigenvalue weighted by Gasteiger charge is 2.21. The average molecular weight is 422 g/mol. The molecular formula is C23H26N4O4. The summed E-state index contributed by atoms with van der Waals surface area (Å²) in [6.45, 7) is 3.20. The number of nitrogens with one attached hydrogen (secondary N) is 2. The first-order chi connectivity index (χ1) is 15.0. The quantitative estimate of drug-likeness (QED) is 0.658. The molecule has 3 amide bonds. The number of nitrogens with zero attached hydrogens (tertiary/aromatic N) is 2. The molecule has 162 valence electrons. The molecule has 2 N–H and O–H groups in total. The number of amides is 3. The van der Waals surface area contributed by atoms with Crippen LogP contribution in [0.2, 0.25) is 0 Å². The predicted octanol–water partition coefficient (Wildman–Crippen LogP) is 4.20. The monoisotopic (exact) mass is 422 g/mol. The van der Waals surface area contributed by atoms with E-state index in [0.29, 0.717) is 22.5 Å². The van der Waals surface area contributed by atoms with Gasteiger partial charge in [-0.15, -0.1) is 0 Å². The zero-order chi connectivity index (χ0) is 21.8. The minimum atomic E-state index is -0.751. The van der Waals surface area contributed by atoms with E-state index >= 15 is 0 Å². The Balaban J connectivity index is 1.40. The van der Waals surface area contributed by atoms with Gasteiger partial charge in [0.05, 0.1) is 5.52 Å². The Morgan fingerprint density at radius 1 is 0.903 bits per heavy atom. The molecule has 31 heavy (non-hydrogen) atoms. The van der Waals surface area contributed by atoms with E-state index in [1.807, 2.05) is 4.90 Å². The van der Waals surface area contributed by atoms with Gasteiger partial charge in [-0.1, -0.05) is 25.0 Å². The summed E-state index contributed by atoms with van der Waals surface area (Å²) in [5.41, 5.74) is 2.25. The molecule has 8 nitrogen and oxygen atoms in total. The summed E-state index contributed by atoms with van der Waals surface area (Å²) in [4.78, 5) is 39.2. The number of urea groups is 1. The van der Waals surface area contributed by atoms with Crippen molar-refractivity contribution in [2.24, 2.45) is 0 Å². The van der Waals surface area contributed by atoms with Gasteiger partial charge in [-0.2, -0.15) is 0 Å². The van der Waals surface area contributed by atoms with Gasteiger partial charge in [0, 0.05) is 24.5 Å². The van der Waals surface area contributed by atoms with Crippen molar-refractivity contribution in [3.8, 4) is 0 Å². The number of aromatic nitrogens is 1. The molecule has 1 fully saturated rings. The fourth-order valence-corrected chi connectivity index (χ4v) is 3.83. The van der Waals surface area contributed by atoms with Gasteiger partial charge < -0.3 is 20.0 Å². The molecule has 2 aromatic carbocycles. The number of rotatable bonds is 4. The van der Waals surface area contributed by atoms with Crippen LogP contribution in [-0.2, 0) is 4.79 Å². The van der Waals surface area contributed by atoms with Gasteiger partial charge in [-0.05, 0) is 56.2 Å². The lowest BCUT2D eigenvalue weighted by Gasteiger charge is -2.21. The maximum absolute atomic E-state index is 12.7. The number of anilines is 2. The van der Waals surface area contributed by atoms with Crippen molar-refractivity contribution in [1.82, 2.24) is 9.47 Å². The van der Waals surface area contributed by atoms with E-state index in [-0.39, 0.29) is 11.9 Å². The second-order valence-electron chi connectivity index (χ2n) is 7.78. The molecular weight excluding hydrogens is 396 g/mol. The van der Waals surface area contributed by atoms with Gasteiger partial charge >= 0.3 is 11.8 Å². The van der Waals surface area contributed by atoms with Crippen molar-refractivity contribution < 1.29 is 14.0 Å². The fraction of sp³-hybridized carbons (Fsp3) is 0.348. The molecule has 1 atom stereocenters. The van der Waals surface area contributed by atoms with Crippen LogP contribution >= 0.6 is 0 Å². The van der Waals surface area contributed by atoms with E-state index < -0.39 is 11.8 Å². The first-order valence-corrected chi connectivity index (χ1v) is 10.6. The largest absolute Gasteiger partial charge is 0.420 e. The summed E-state index contributed by atoms with van der Waals surface area (Å²) >= 11 is 0. The van der Waals surface area contributed by atoms with Crippen molar-refractivity contribution >= 4 is 34.4 Å². The SMILES string of the molecule is CC(C(=O)Nc1ccc(NC(=O)N2CCCCCC2)cc1)n1c(=O)oc2ccccc21. The van der Waals surface area contributed by atoms with Crippen LogP contribution in [0.3, 0.4) is 0 Å². The third kappa shape index (κ3) is 4.63. The minimum Gasteiger partial charge on any atom is -0.408 e. The van der Waals surface area contributed by atoms with Crippen LogP contribution in [0.5, 0.6) is 0 Å². The topological polar surface area (TPSA) is 96.6 Å². The van der Waals surface area contributed by atoms with Crippen LogP contribution in [0, 0.1) is 0 Å². The third-order valence-corrected chi connectivity index (χ3v) is 5.58. The van der Waals surface area contributed by atoms with E-state index in [9.17, 15) is 14.4 Å². The molecule has 4 rings (SSSR count). The molecule has 1 saturated heterocycles. The van der Waals surface area contributed by atoms with Crippen LogP contribution in [0.15, 0.2) is 57.7 Å². The normalized spacial score (nSPS) is 15.3. The van der Waals surface area contributed by atoms with Gasteiger partial charge in [0.1, 0.15) is 6.04 Å². The number of hydrogen-bond donors (Lipinski definition) is 2. The molecule has 0 radical (unpaired) electrons. The molecule has 1 aliphatic rings. The lowest BCUT2D eigenvalue weighted by molar-refractivity contribution is -0.118.